The molecule has 9 heteroatoms. The quantitative estimate of drug-likeness (QED) is 0.484. The van der Waals surface area contributed by atoms with Crippen LogP contribution in [0.2, 0.25) is 0 Å². The highest BCUT2D eigenvalue weighted by atomic mass is 19.1. The normalized spacial score (nSPS) is 31.6. The molecule has 0 radical (unpaired) electrons. The molecule has 2 rings (SSSR count). The van der Waals surface area contributed by atoms with E-state index < -0.39 is 42.6 Å². The predicted molar refractivity (Wildman–Crippen MR) is 53.2 cm³/mol. The summed E-state index contributed by atoms with van der Waals surface area (Å²) in [5.41, 5.74) is -1.04. The smallest absolute Gasteiger partial charge is 0.299 e. The first-order valence-corrected chi connectivity index (χ1v) is 5.07. The van der Waals surface area contributed by atoms with E-state index in [9.17, 15) is 19.4 Å². The minimum Gasteiger partial charge on any atom is -0.432 e. The number of rotatable bonds is 3. The third-order valence-electron chi connectivity index (χ3n) is 2.46. The van der Waals surface area contributed by atoms with Crippen LogP contribution in [0.3, 0.4) is 0 Å². The van der Waals surface area contributed by atoms with E-state index in [1.807, 2.05) is 4.98 Å². The lowest BCUT2D eigenvalue weighted by Gasteiger charge is -2.15. The summed E-state index contributed by atoms with van der Waals surface area (Å²) in [4.78, 5) is 16.3. The number of hydrogen-bond donors (Lipinski definition) is 4. The molecule has 4 atom stereocenters. The van der Waals surface area contributed by atoms with Gasteiger partial charge < -0.3 is 24.8 Å². The number of aliphatic hydroxyl groups excluding tert-OH is 3. The van der Waals surface area contributed by atoms with Crippen LogP contribution in [0, 0.1) is 5.82 Å². The number of H-pyrrole nitrogens is 1. The number of aromatic nitrogens is 2. The maximum atomic E-state index is 12.7. The van der Waals surface area contributed by atoms with Gasteiger partial charge in [0.05, 0.1) is 12.8 Å². The van der Waals surface area contributed by atoms with Gasteiger partial charge in [-0.3, -0.25) is 9.78 Å². The van der Waals surface area contributed by atoms with Crippen LogP contribution < -0.4 is 10.3 Å². The second kappa shape index (κ2) is 4.98. The Morgan fingerprint density at radius 2 is 2.22 bits per heavy atom. The Labute approximate surface area is 99.6 Å². The molecule has 1 aromatic heterocycles. The van der Waals surface area contributed by atoms with E-state index in [1.54, 1.807) is 0 Å². The molecule has 8 nitrogen and oxygen atoms in total. The van der Waals surface area contributed by atoms with Gasteiger partial charge in [0.2, 0.25) is 12.1 Å². The number of aliphatic hydroxyl groups is 3. The first kappa shape index (κ1) is 12.9. The van der Waals surface area contributed by atoms with Gasteiger partial charge in [0, 0.05) is 0 Å². The Morgan fingerprint density at radius 1 is 1.50 bits per heavy atom. The Bertz CT molecular complexity index is 480. The van der Waals surface area contributed by atoms with Crippen LogP contribution in [-0.4, -0.2) is 56.5 Å². The van der Waals surface area contributed by atoms with Crippen LogP contribution in [0.15, 0.2) is 11.0 Å². The molecule has 0 spiro atoms. The standard InChI is InChI=1S/C9H11FN2O6/c10-3-1-11-9(12-7(3)16)18-8-6(15)5(14)4(2-13)17-8/h1,4-6,8,13-15H,2H2,(H,11,12,16)/t4-,5-,6-,8?/m0/s1. The summed E-state index contributed by atoms with van der Waals surface area (Å²) < 4.78 is 22.6. The van der Waals surface area contributed by atoms with Crippen molar-refractivity contribution in [1.82, 2.24) is 9.97 Å². The van der Waals surface area contributed by atoms with Crippen molar-refractivity contribution in [3.05, 3.63) is 22.4 Å². The number of ether oxygens (including phenoxy) is 2. The summed E-state index contributed by atoms with van der Waals surface area (Å²) in [5, 5.41) is 27.8. The second-order valence-corrected chi connectivity index (χ2v) is 3.69. The van der Waals surface area contributed by atoms with E-state index in [-0.39, 0.29) is 6.01 Å². The van der Waals surface area contributed by atoms with E-state index in [0.29, 0.717) is 6.20 Å². The number of aromatic amines is 1. The van der Waals surface area contributed by atoms with Crippen LogP contribution >= 0.6 is 0 Å². The van der Waals surface area contributed by atoms with Gasteiger partial charge in [-0.25, -0.2) is 4.98 Å². The van der Waals surface area contributed by atoms with Crippen molar-refractivity contribution in [2.24, 2.45) is 0 Å². The van der Waals surface area contributed by atoms with Crippen LogP contribution in [0.4, 0.5) is 4.39 Å². The van der Waals surface area contributed by atoms with Gasteiger partial charge in [0.15, 0.2) is 0 Å². The minimum absolute atomic E-state index is 0.365. The Kier molecular flexibility index (Phi) is 3.57. The second-order valence-electron chi connectivity index (χ2n) is 3.69. The van der Waals surface area contributed by atoms with Gasteiger partial charge in [-0.1, -0.05) is 0 Å². The monoisotopic (exact) mass is 262 g/mol. The Balaban J connectivity index is 2.10. The zero-order valence-corrected chi connectivity index (χ0v) is 8.99. The average Bonchev–Trinajstić information content (AvgIpc) is 2.62. The fraction of sp³-hybridized carbons (Fsp3) is 0.556. The molecule has 1 aromatic rings. The fourth-order valence-electron chi connectivity index (χ4n) is 1.50. The van der Waals surface area contributed by atoms with Crippen molar-refractivity contribution in [3.63, 3.8) is 0 Å². The molecule has 1 saturated heterocycles. The highest BCUT2D eigenvalue weighted by Crippen LogP contribution is 2.22. The highest BCUT2D eigenvalue weighted by Gasteiger charge is 2.44. The van der Waals surface area contributed by atoms with Crippen LogP contribution in [-0.2, 0) is 4.74 Å². The first-order valence-electron chi connectivity index (χ1n) is 5.07. The van der Waals surface area contributed by atoms with Gasteiger partial charge in [0.25, 0.3) is 11.6 Å². The molecule has 100 valence electrons. The van der Waals surface area contributed by atoms with E-state index in [1.165, 1.54) is 0 Å². The number of nitrogens with zero attached hydrogens (tertiary/aromatic N) is 1. The molecule has 0 bridgehead atoms. The average molecular weight is 262 g/mol. The molecule has 0 amide bonds. The van der Waals surface area contributed by atoms with Crippen LogP contribution in [0.1, 0.15) is 0 Å². The SMILES string of the molecule is O=c1[nH]c(OC2O[C@@H](CO)[C@H](O)[C@@H]2O)ncc1F. The predicted octanol–water partition coefficient (Wildman–Crippen LogP) is -2.27. The third kappa shape index (κ3) is 2.34. The zero-order valence-electron chi connectivity index (χ0n) is 8.99. The van der Waals surface area contributed by atoms with E-state index >= 15 is 0 Å². The first-order chi connectivity index (χ1) is 8.52. The van der Waals surface area contributed by atoms with Crippen LogP contribution in [0.25, 0.3) is 0 Å². The summed E-state index contributed by atoms with van der Waals surface area (Å²) in [6.07, 6.45) is -4.41. The van der Waals surface area contributed by atoms with Gasteiger partial charge >= 0.3 is 0 Å². The van der Waals surface area contributed by atoms with Crippen molar-refractivity contribution in [3.8, 4) is 6.01 Å². The van der Waals surface area contributed by atoms with Gasteiger partial charge in [-0.2, -0.15) is 4.39 Å². The van der Waals surface area contributed by atoms with Crippen molar-refractivity contribution < 1.29 is 29.2 Å². The summed E-state index contributed by atoms with van der Waals surface area (Å²) in [6.45, 7) is -0.508. The van der Waals surface area contributed by atoms with E-state index in [0.717, 1.165) is 0 Å². The van der Waals surface area contributed by atoms with Gasteiger partial charge in [0.1, 0.15) is 18.3 Å². The Morgan fingerprint density at radius 3 is 2.78 bits per heavy atom. The Hall–Kier alpha value is -1.55. The van der Waals surface area contributed by atoms with E-state index in [2.05, 4.69) is 4.98 Å². The maximum Gasteiger partial charge on any atom is 0.299 e. The zero-order chi connectivity index (χ0) is 13.3. The molecule has 1 unspecified atom stereocenters. The summed E-state index contributed by atoms with van der Waals surface area (Å²) >= 11 is 0. The lowest BCUT2D eigenvalue weighted by atomic mass is 10.1. The molecule has 1 fully saturated rings. The molecule has 1 aliphatic rings. The molecule has 18 heavy (non-hydrogen) atoms. The molecule has 2 heterocycles. The van der Waals surface area contributed by atoms with Gasteiger partial charge in [-0.05, 0) is 0 Å². The largest absolute Gasteiger partial charge is 0.432 e. The minimum atomic E-state index is -1.42. The number of hydrogen-bond acceptors (Lipinski definition) is 7. The summed E-state index contributed by atoms with van der Waals surface area (Å²) in [6, 6.07) is -0.365. The van der Waals surface area contributed by atoms with Gasteiger partial charge in [-0.15, -0.1) is 0 Å². The highest BCUT2D eigenvalue weighted by molar-refractivity contribution is 4.98. The van der Waals surface area contributed by atoms with E-state index in [4.69, 9.17) is 14.6 Å². The van der Waals surface area contributed by atoms with Crippen LogP contribution in [0.5, 0.6) is 6.01 Å². The molecule has 0 saturated carbocycles. The molecule has 0 aromatic carbocycles. The topological polar surface area (TPSA) is 125 Å². The van der Waals surface area contributed by atoms with Crippen molar-refractivity contribution in [1.29, 1.82) is 0 Å². The lowest BCUT2D eigenvalue weighted by Crippen LogP contribution is -2.36. The molecule has 1 aliphatic heterocycles. The number of nitrogens with one attached hydrogen (secondary N) is 1. The molecule has 4 N–H and O–H groups in total. The van der Waals surface area contributed by atoms with Crippen molar-refractivity contribution in [2.45, 2.75) is 24.6 Å². The molecular formula is C9H11FN2O6. The molecular weight excluding hydrogens is 251 g/mol. The lowest BCUT2D eigenvalue weighted by molar-refractivity contribution is -0.120. The number of halogens is 1. The third-order valence-corrected chi connectivity index (χ3v) is 2.46. The van der Waals surface area contributed by atoms with Crippen molar-refractivity contribution in [2.75, 3.05) is 6.61 Å². The maximum absolute atomic E-state index is 12.7. The van der Waals surface area contributed by atoms with Crippen molar-refractivity contribution >= 4 is 0 Å². The summed E-state index contributed by atoms with van der Waals surface area (Å²) in [5.74, 6) is -1.08. The fourth-order valence-corrected chi connectivity index (χ4v) is 1.50. The molecule has 0 aliphatic carbocycles. The summed E-state index contributed by atoms with van der Waals surface area (Å²) in [7, 11) is 0.